The molecule has 0 N–H and O–H groups in total. The van der Waals surface area contributed by atoms with E-state index in [2.05, 4.69) is 13.8 Å². The molecular weight excluding hydrogens is 178 g/mol. The van der Waals surface area contributed by atoms with Gasteiger partial charge in [-0.3, -0.25) is 0 Å². The molecule has 0 nitrogen and oxygen atoms in total. The van der Waals surface area contributed by atoms with E-state index in [1.807, 2.05) is 0 Å². The van der Waals surface area contributed by atoms with E-state index < -0.39 is 5.21 Å². The second kappa shape index (κ2) is 2.68. The molecule has 0 aromatic carbocycles. The van der Waals surface area contributed by atoms with Crippen LogP contribution in [0.15, 0.2) is 0 Å². The molecule has 0 heterocycles. The first-order chi connectivity index (χ1) is 6.92. The maximum absolute atomic E-state index is 6.28. The molecule has 0 aromatic rings. The molecule has 0 aromatic heterocycles. The summed E-state index contributed by atoms with van der Waals surface area (Å²) in [5.74, 6) is 1.44. The number of hydrogen-bond donors (Lipinski definition) is 0. The highest BCUT2D eigenvalue weighted by Crippen LogP contribution is 2.84. The van der Waals surface area contributed by atoms with Crippen LogP contribution in [0.2, 0.25) is 5.21 Å². The zero-order valence-corrected chi connectivity index (χ0v) is 10.1. The van der Waals surface area contributed by atoms with Gasteiger partial charge >= 0.3 is 0 Å². The largest absolute Gasteiger partial charge is 0.0962 e. The van der Waals surface area contributed by atoms with Gasteiger partial charge in [-0.25, -0.2) is 0 Å². The van der Waals surface area contributed by atoms with E-state index in [9.17, 15) is 0 Å². The minimum Gasteiger partial charge on any atom is -0.0962 e. The molecule has 1 spiro atoms. The highest BCUT2D eigenvalue weighted by atomic mass is 14.8. The van der Waals surface area contributed by atoms with Crippen molar-refractivity contribution in [3.05, 3.63) is 0 Å². The van der Waals surface area contributed by atoms with Crippen LogP contribution in [0.4, 0.5) is 0 Å². The molecule has 0 amide bonds. The van der Waals surface area contributed by atoms with Crippen molar-refractivity contribution in [2.75, 3.05) is 0 Å². The minimum atomic E-state index is -0.440. The van der Waals surface area contributed by atoms with E-state index >= 15 is 0 Å². The van der Waals surface area contributed by atoms with Gasteiger partial charge < -0.3 is 0 Å². The van der Waals surface area contributed by atoms with Crippen molar-refractivity contribution >= 4 is 15.7 Å². The SMILES string of the molecule is [B]C([B])(CC12CCC3CC31CC2)C(C)C. The minimum absolute atomic E-state index is 0.391. The second-order valence-electron chi connectivity index (χ2n) is 6.82. The Morgan fingerprint density at radius 1 is 1.27 bits per heavy atom. The third kappa shape index (κ3) is 1.12. The van der Waals surface area contributed by atoms with Crippen LogP contribution in [0.3, 0.4) is 0 Å². The summed E-state index contributed by atoms with van der Waals surface area (Å²) in [6.45, 7) is 4.31. The van der Waals surface area contributed by atoms with Gasteiger partial charge in [0.05, 0.1) is 15.7 Å². The van der Waals surface area contributed by atoms with Gasteiger partial charge in [0.2, 0.25) is 0 Å². The van der Waals surface area contributed by atoms with Gasteiger partial charge in [-0.2, -0.15) is 0 Å². The van der Waals surface area contributed by atoms with Crippen molar-refractivity contribution in [2.24, 2.45) is 22.7 Å². The first kappa shape index (κ1) is 10.3. The Bertz CT molecular complexity index is 291. The van der Waals surface area contributed by atoms with Crippen LogP contribution in [-0.2, 0) is 0 Å². The molecule has 3 aliphatic carbocycles. The normalized spacial score (nSPS) is 47.3. The third-order valence-electron chi connectivity index (χ3n) is 6.03. The van der Waals surface area contributed by atoms with E-state index in [1.54, 1.807) is 0 Å². The maximum Gasteiger partial charge on any atom is 0.0624 e. The summed E-state index contributed by atoms with van der Waals surface area (Å²) in [6, 6.07) is 0. The van der Waals surface area contributed by atoms with Crippen molar-refractivity contribution in [1.29, 1.82) is 0 Å². The average Bonchev–Trinajstić information content (AvgIpc) is 2.82. The monoisotopic (exact) mass is 198 g/mol. The van der Waals surface area contributed by atoms with Crippen LogP contribution >= 0.6 is 0 Å². The smallest absolute Gasteiger partial charge is 0.0624 e. The molecule has 0 bridgehead atoms. The Balaban J connectivity index is 1.79. The Kier molecular flexibility index (Phi) is 1.84. The van der Waals surface area contributed by atoms with Gasteiger partial charge in [0, 0.05) is 0 Å². The fourth-order valence-corrected chi connectivity index (χ4v) is 4.48. The quantitative estimate of drug-likeness (QED) is 0.611. The Morgan fingerprint density at radius 2 is 2.00 bits per heavy atom. The molecule has 15 heavy (non-hydrogen) atoms. The lowest BCUT2D eigenvalue weighted by Gasteiger charge is -2.54. The maximum atomic E-state index is 6.28. The van der Waals surface area contributed by atoms with Crippen molar-refractivity contribution in [3.63, 3.8) is 0 Å². The average molecular weight is 198 g/mol. The number of rotatable bonds is 3. The highest BCUT2D eigenvalue weighted by Gasteiger charge is 2.74. The lowest BCUT2D eigenvalue weighted by atomic mass is 9.40. The molecule has 3 atom stereocenters. The van der Waals surface area contributed by atoms with Gasteiger partial charge in [-0.1, -0.05) is 31.4 Å². The van der Waals surface area contributed by atoms with E-state index in [1.165, 1.54) is 32.1 Å². The standard InChI is InChI=1S/C13H20B2/c1-9(2)13(14,15)8-11-4-3-10-7-12(10,11)6-5-11/h9-10H,3-8H2,1-2H3. The van der Waals surface area contributed by atoms with E-state index in [-0.39, 0.29) is 0 Å². The summed E-state index contributed by atoms with van der Waals surface area (Å²) < 4.78 is 0. The summed E-state index contributed by atoms with van der Waals surface area (Å²) in [4.78, 5) is 0. The van der Waals surface area contributed by atoms with Crippen LogP contribution in [-0.4, -0.2) is 15.7 Å². The molecule has 3 aliphatic rings. The first-order valence-corrected chi connectivity index (χ1v) is 6.50. The highest BCUT2D eigenvalue weighted by molar-refractivity contribution is 6.40. The summed E-state index contributed by atoms with van der Waals surface area (Å²) in [6.07, 6.45) is 8.27. The second-order valence-corrected chi connectivity index (χ2v) is 6.82. The fraction of sp³-hybridized carbons (Fsp3) is 1.00. The van der Waals surface area contributed by atoms with Crippen molar-refractivity contribution < 1.29 is 0 Å². The molecule has 78 valence electrons. The zero-order chi connectivity index (χ0) is 10.9. The molecule has 3 saturated carbocycles. The summed E-state index contributed by atoms with van der Waals surface area (Å²) >= 11 is 0. The molecule has 4 radical (unpaired) electrons. The first-order valence-electron chi connectivity index (χ1n) is 6.50. The molecule has 0 aliphatic heterocycles. The van der Waals surface area contributed by atoms with Crippen LogP contribution in [0, 0.1) is 22.7 Å². The summed E-state index contributed by atoms with van der Waals surface area (Å²) in [5.41, 5.74) is 1.29. The lowest BCUT2D eigenvalue weighted by Crippen LogP contribution is -2.44. The van der Waals surface area contributed by atoms with Crippen molar-refractivity contribution in [1.82, 2.24) is 0 Å². The van der Waals surface area contributed by atoms with Gasteiger partial charge in [0.15, 0.2) is 0 Å². The molecule has 3 unspecified atom stereocenters. The molecule has 3 fully saturated rings. The zero-order valence-electron chi connectivity index (χ0n) is 10.1. The predicted octanol–water partition coefficient (Wildman–Crippen LogP) is 3.07. The Hall–Kier alpha value is 0.130. The van der Waals surface area contributed by atoms with E-state index in [4.69, 9.17) is 15.7 Å². The van der Waals surface area contributed by atoms with Crippen LogP contribution < -0.4 is 0 Å². The lowest BCUT2D eigenvalue weighted by molar-refractivity contribution is 0.00143. The van der Waals surface area contributed by atoms with Gasteiger partial charge in [0.25, 0.3) is 0 Å². The van der Waals surface area contributed by atoms with Gasteiger partial charge in [0.1, 0.15) is 0 Å². The molecule has 0 saturated heterocycles. The van der Waals surface area contributed by atoms with Gasteiger partial charge in [-0.15, -0.1) is 0 Å². The predicted molar refractivity (Wildman–Crippen MR) is 65.1 cm³/mol. The number of hydrogen-bond acceptors (Lipinski definition) is 0. The van der Waals surface area contributed by atoms with Crippen molar-refractivity contribution in [2.45, 2.75) is 57.6 Å². The summed E-state index contributed by atoms with van der Waals surface area (Å²) in [7, 11) is 12.6. The van der Waals surface area contributed by atoms with Crippen LogP contribution in [0.25, 0.3) is 0 Å². The molecule has 3 rings (SSSR count). The third-order valence-corrected chi connectivity index (χ3v) is 6.03. The van der Waals surface area contributed by atoms with E-state index in [0.717, 1.165) is 17.8 Å². The fourth-order valence-electron chi connectivity index (χ4n) is 4.48. The Morgan fingerprint density at radius 3 is 2.40 bits per heavy atom. The van der Waals surface area contributed by atoms with E-state index in [0.29, 0.717) is 11.3 Å². The topological polar surface area (TPSA) is 0 Å². The summed E-state index contributed by atoms with van der Waals surface area (Å²) in [5, 5.41) is -0.440. The van der Waals surface area contributed by atoms with Crippen LogP contribution in [0.1, 0.15) is 52.4 Å². The van der Waals surface area contributed by atoms with Crippen LogP contribution in [0.5, 0.6) is 0 Å². The molecule has 2 heteroatoms. The Labute approximate surface area is 96.4 Å². The van der Waals surface area contributed by atoms with Gasteiger partial charge in [-0.05, 0) is 48.9 Å². The van der Waals surface area contributed by atoms with Crippen molar-refractivity contribution in [3.8, 4) is 0 Å². The molecular formula is C13H20B2.